The van der Waals surface area contributed by atoms with Crippen LogP contribution in [0.5, 0.6) is 0 Å². The first-order valence-electron chi connectivity index (χ1n) is 7.01. The lowest BCUT2D eigenvalue weighted by atomic mass is 9.80. The molecule has 5 atom stereocenters. The van der Waals surface area contributed by atoms with Gasteiger partial charge >= 0.3 is 0 Å². The molecule has 0 spiro atoms. The molecule has 0 aromatic heterocycles. The van der Waals surface area contributed by atoms with Gasteiger partial charge in [-0.1, -0.05) is 20.3 Å². The van der Waals surface area contributed by atoms with Crippen molar-refractivity contribution in [3.63, 3.8) is 0 Å². The lowest BCUT2D eigenvalue weighted by Gasteiger charge is -2.31. The van der Waals surface area contributed by atoms with Crippen molar-refractivity contribution in [1.82, 2.24) is 5.32 Å². The normalized spacial score (nSPS) is 50.8. The van der Waals surface area contributed by atoms with E-state index in [1.165, 1.54) is 38.6 Å². The predicted molar refractivity (Wildman–Crippen MR) is 65.1 cm³/mol. The number of nitrogens with one attached hydrogen (secondary N) is 1. The van der Waals surface area contributed by atoms with Gasteiger partial charge in [-0.05, 0) is 49.5 Å². The molecule has 2 aliphatic carbocycles. The number of hydrogen-bond acceptors (Lipinski definition) is 2. The van der Waals surface area contributed by atoms with Gasteiger partial charge in [0.25, 0.3) is 0 Å². The van der Waals surface area contributed by atoms with Crippen molar-refractivity contribution in [2.75, 3.05) is 6.54 Å². The first-order chi connectivity index (χ1) is 7.59. The van der Waals surface area contributed by atoms with E-state index in [2.05, 4.69) is 19.2 Å². The fraction of sp³-hybridized carbons (Fsp3) is 1.00. The highest BCUT2D eigenvalue weighted by Gasteiger charge is 2.50. The van der Waals surface area contributed by atoms with E-state index < -0.39 is 0 Å². The first kappa shape index (κ1) is 11.0. The second-order valence-corrected chi connectivity index (χ2v) is 6.92. The maximum absolute atomic E-state index is 10.5. The topological polar surface area (TPSA) is 32.3 Å². The highest BCUT2D eigenvalue weighted by atomic mass is 16.3. The third-order valence-electron chi connectivity index (χ3n) is 5.58. The zero-order valence-electron chi connectivity index (χ0n) is 10.6. The van der Waals surface area contributed by atoms with E-state index in [0.29, 0.717) is 12.0 Å². The molecule has 3 rings (SSSR count). The average molecular weight is 223 g/mol. The Labute approximate surface area is 98.8 Å². The van der Waals surface area contributed by atoms with Crippen LogP contribution in [0, 0.1) is 23.2 Å². The van der Waals surface area contributed by atoms with E-state index in [9.17, 15) is 5.11 Å². The fourth-order valence-corrected chi connectivity index (χ4v) is 4.50. The molecule has 1 aliphatic heterocycles. The van der Waals surface area contributed by atoms with Crippen LogP contribution in [0.15, 0.2) is 0 Å². The molecule has 16 heavy (non-hydrogen) atoms. The van der Waals surface area contributed by atoms with Gasteiger partial charge in [0.05, 0.1) is 6.10 Å². The maximum atomic E-state index is 10.5. The quantitative estimate of drug-likeness (QED) is 0.714. The molecule has 0 amide bonds. The van der Waals surface area contributed by atoms with Crippen molar-refractivity contribution in [3.8, 4) is 0 Å². The molecular weight excluding hydrogens is 198 g/mol. The Morgan fingerprint density at radius 3 is 2.62 bits per heavy atom. The van der Waals surface area contributed by atoms with Crippen LogP contribution in [0.3, 0.4) is 0 Å². The summed E-state index contributed by atoms with van der Waals surface area (Å²) in [5, 5.41) is 14.2. The van der Waals surface area contributed by atoms with Crippen molar-refractivity contribution in [2.45, 2.75) is 58.1 Å². The number of hydrogen-bond donors (Lipinski definition) is 2. The molecule has 0 aromatic carbocycles. The SMILES string of the molecule is CC1(C)CCC(C2NCC3CCCC32)C1O. The maximum Gasteiger partial charge on any atom is 0.0634 e. The molecule has 3 aliphatic rings. The van der Waals surface area contributed by atoms with Crippen LogP contribution in [0.25, 0.3) is 0 Å². The standard InChI is InChI=1S/C14H25NO/c1-14(2)7-6-11(13(14)16)12-10-5-3-4-9(10)8-15-12/h9-13,15-16H,3-8H2,1-2H3. The molecule has 2 saturated carbocycles. The summed E-state index contributed by atoms with van der Waals surface area (Å²) in [7, 11) is 0. The molecule has 3 fully saturated rings. The molecule has 2 N–H and O–H groups in total. The summed E-state index contributed by atoms with van der Waals surface area (Å²) in [6.45, 7) is 5.65. The van der Waals surface area contributed by atoms with E-state index >= 15 is 0 Å². The van der Waals surface area contributed by atoms with Crippen molar-refractivity contribution >= 4 is 0 Å². The van der Waals surface area contributed by atoms with Gasteiger partial charge < -0.3 is 10.4 Å². The number of aliphatic hydroxyl groups is 1. The Hall–Kier alpha value is -0.0800. The van der Waals surface area contributed by atoms with Gasteiger partial charge in [-0.25, -0.2) is 0 Å². The second kappa shape index (κ2) is 3.71. The van der Waals surface area contributed by atoms with E-state index in [4.69, 9.17) is 0 Å². The van der Waals surface area contributed by atoms with E-state index in [1.54, 1.807) is 0 Å². The zero-order valence-corrected chi connectivity index (χ0v) is 10.6. The summed E-state index contributed by atoms with van der Waals surface area (Å²) < 4.78 is 0. The monoisotopic (exact) mass is 223 g/mol. The van der Waals surface area contributed by atoms with Crippen LogP contribution in [-0.4, -0.2) is 23.8 Å². The van der Waals surface area contributed by atoms with Gasteiger partial charge in [0.1, 0.15) is 0 Å². The second-order valence-electron chi connectivity index (χ2n) is 6.92. The zero-order chi connectivity index (χ0) is 11.3. The summed E-state index contributed by atoms with van der Waals surface area (Å²) in [4.78, 5) is 0. The number of rotatable bonds is 1. The van der Waals surface area contributed by atoms with Gasteiger partial charge in [0, 0.05) is 12.0 Å². The molecular formula is C14H25NO. The molecule has 2 heteroatoms. The van der Waals surface area contributed by atoms with Gasteiger partial charge in [0.2, 0.25) is 0 Å². The lowest BCUT2D eigenvalue weighted by Crippen LogP contribution is -2.42. The van der Waals surface area contributed by atoms with Crippen LogP contribution in [0.4, 0.5) is 0 Å². The average Bonchev–Trinajstić information content (AvgIpc) is 2.85. The predicted octanol–water partition coefficient (Wildman–Crippen LogP) is 2.17. The fourth-order valence-electron chi connectivity index (χ4n) is 4.50. The van der Waals surface area contributed by atoms with Crippen LogP contribution in [-0.2, 0) is 0 Å². The van der Waals surface area contributed by atoms with Gasteiger partial charge in [-0.15, -0.1) is 0 Å². The van der Waals surface area contributed by atoms with Crippen LogP contribution in [0.2, 0.25) is 0 Å². The molecule has 0 radical (unpaired) electrons. The Kier molecular flexibility index (Phi) is 2.56. The third kappa shape index (κ3) is 1.53. The molecule has 1 saturated heterocycles. The highest BCUT2D eigenvalue weighted by molar-refractivity contribution is 5.03. The lowest BCUT2D eigenvalue weighted by molar-refractivity contribution is 0.0291. The van der Waals surface area contributed by atoms with E-state index in [0.717, 1.165) is 11.8 Å². The van der Waals surface area contributed by atoms with Crippen LogP contribution in [0.1, 0.15) is 46.0 Å². The Morgan fingerprint density at radius 2 is 1.94 bits per heavy atom. The Morgan fingerprint density at radius 1 is 1.12 bits per heavy atom. The molecule has 92 valence electrons. The Bertz CT molecular complexity index is 274. The highest BCUT2D eigenvalue weighted by Crippen LogP contribution is 2.48. The first-order valence-corrected chi connectivity index (χ1v) is 7.01. The van der Waals surface area contributed by atoms with Gasteiger partial charge in [0.15, 0.2) is 0 Å². The number of aliphatic hydroxyl groups excluding tert-OH is 1. The Balaban J connectivity index is 1.74. The molecule has 2 nitrogen and oxygen atoms in total. The summed E-state index contributed by atoms with van der Waals surface area (Å²) in [5.74, 6) is 2.30. The van der Waals surface area contributed by atoms with Gasteiger partial charge in [-0.3, -0.25) is 0 Å². The summed E-state index contributed by atoms with van der Waals surface area (Å²) in [5.41, 5.74) is 0.142. The van der Waals surface area contributed by atoms with Crippen LogP contribution >= 0.6 is 0 Å². The van der Waals surface area contributed by atoms with Crippen molar-refractivity contribution in [2.24, 2.45) is 23.2 Å². The van der Waals surface area contributed by atoms with E-state index in [-0.39, 0.29) is 11.5 Å². The summed E-state index contributed by atoms with van der Waals surface area (Å²) >= 11 is 0. The molecule has 5 unspecified atom stereocenters. The van der Waals surface area contributed by atoms with Crippen molar-refractivity contribution in [3.05, 3.63) is 0 Å². The number of fused-ring (bicyclic) bond motifs is 1. The smallest absolute Gasteiger partial charge is 0.0634 e. The largest absolute Gasteiger partial charge is 0.392 e. The van der Waals surface area contributed by atoms with Crippen molar-refractivity contribution in [1.29, 1.82) is 0 Å². The van der Waals surface area contributed by atoms with Crippen LogP contribution < -0.4 is 5.32 Å². The van der Waals surface area contributed by atoms with Gasteiger partial charge in [-0.2, -0.15) is 0 Å². The molecule has 0 bridgehead atoms. The molecule has 0 aromatic rings. The minimum atomic E-state index is -0.0932. The minimum absolute atomic E-state index is 0.0932. The summed E-state index contributed by atoms with van der Waals surface area (Å²) in [6, 6.07) is 0.615. The molecule has 1 heterocycles. The van der Waals surface area contributed by atoms with E-state index in [1.807, 2.05) is 0 Å². The summed E-state index contributed by atoms with van der Waals surface area (Å²) in [6.07, 6.45) is 6.54. The minimum Gasteiger partial charge on any atom is -0.392 e. The third-order valence-corrected chi connectivity index (χ3v) is 5.58. The van der Waals surface area contributed by atoms with Crippen molar-refractivity contribution < 1.29 is 5.11 Å².